The minimum Gasteiger partial charge on any atom is -0.434 e. The molecule has 3 aliphatic heterocycles. The van der Waals surface area contributed by atoms with Crippen LogP contribution in [0.2, 0.25) is 5.02 Å². The van der Waals surface area contributed by atoms with Gasteiger partial charge in [0.05, 0.1) is 50.2 Å². The molecule has 0 spiro atoms. The number of nitrogens with zero attached hydrogens (tertiary/aromatic N) is 4. The monoisotopic (exact) mass is 515 g/mol. The van der Waals surface area contributed by atoms with E-state index in [2.05, 4.69) is 15.1 Å². The predicted molar refractivity (Wildman–Crippen MR) is 136 cm³/mol. The van der Waals surface area contributed by atoms with E-state index in [0.29, 0.717) is 80.9 Å². The molecule has 10 nitrogen and oxygen atoms in total. The highest BCUT2D eigenvalue weighted by atomic mass is 35.5. The maximum absolute atomic E-state index is 12.4. The fourth-order valence-corrected chi connectivity index (χ4v) is 4.79. The van der Waals surface area contributed by atoms with Crippen LogP contribution in [0.1, 0.15) is 30.9 Å². The molecule has 0 bridgehead atoms. The van der Waals surface area contributed by atoms with E-state index in [0.717, 1.165) is 16.9 Å². The molecule has 1 atom stereocenters. The third-order valence-corrected chi connectivity index (χ3v) is 6.66. The minimum absolute atomic E-state index is 0.214. The highest BCUT2D eigenvalue weighted by Gasteiger charge is 2.37. The summed E-state index contributed by atoms with van der Waals surface area (Å²) in [5.74, 6) is 2.11. The quantitative estimate of drug-likeness (QED) is 0.592. The zero-order valence-corrected chi connectivity index (χ0v) is 21.2. The first-order valence-corrected chi connectivity index (χ1v) is 12.6. The van der Waals surface area contributed by atoms with Crippen molar-refractivity contribution in [2.45, 2.75) is 19.8 Å². The summed E-state index contributed by atoms with van der Waals surface area (Å²) in [6.07, 6.45) is -0.755. The number of rotatable bonds is 5. The lowest BCUT2D eigenvalue weighted by Gasteiger charge is -2.37. The van der Waals surface area contributed by atoms with Crippen LogP contribution in [-0.2, 0) is 18.9 Å². The van der Waals surface area contributed by atoms with Gasteiger partial charge in [-0.3, -0.25) is 0 Å². The molecule has 4 heterocycles. The molecule has 1 unspecified atom stereocenters. The number of nitrogens with one attached hydrogen (secondary N) is 1. The topological polar surface area (TPSA) is 98.3 Å². The second-order valence-electron chi connectivity index (χ2n) is 8.69. The number of carbonyl (C=O) groups is 1. The van der Waals surface area contributed by atoms with Gasteiger partial charge < -0.3 is 34.1 Å². The maximum Gasteiger partial charge on any atom is 0.513 e. The van der Waals surface area contributed by atoms with E-state index in [1.54, 1.807) is 6.92 Å². The molecule has 1 aromatic heterocycles. The molecular weight excluding hydrogens is 486 g/mol. The number of morpholine rings is 2. The molecule has 192 valence electrons. The van der Waals surface area contributed by atoms with Gasteiger partial charge in [-0.2, -0.15) is 9.97 Å². The molecule has 36 heavy (non-hydrogen) atoms. The van der Waals surface area contributed by atoms with Gasteiger partial charge in [-0.25, -0.2) is 4.79 Å². The number of benzene rings is 1. The standard InChI is InChI=1S/C25H30ClN5O5/c1-3-35-25(32)36-21-16(2)27-22-20(19(21)17-4-6-18(26)7-5-17)23(30-8-12-33-13-9-30)29-24(28-22)31-10-14-34-15-11-31/h4-7,19H,3,8-15H2,1-2H3,(H,27,28,29). The fourth-order valence-electron chi connectivity index (χ4n) is 4.66. The van der Waals surface area contributed by atoms with E-state index in [-0.39, 0.29) is 6.61 Å². The molecule has 0 saturated carbocycles. The number of fused-ring (bicyclic) bond motifs is 1. The number of allylic oxidation sites excluding steroid dienone is 2. The summed E-state index contributed by atoms with van der Waals surface area (Å²) in [6, 6.07) is 7.52. The molecular formula is C25H30ClN5O5. The Bertz CT molecular complexity index is 1130. The van der Waals surface area contributed by atoms with Crippen molar-refractivity contribution in [2.24, 2.45) is 0 Å². The summed E-state index contributed by atoms with van der Waals surface area (Å²) in [7, 11) is 0. The Kier molecular flexibility index (Phi) is 7.45. The summed E-state index contributed by atoms with van der Waals surface area (Å²) in [4.78, 5) is 26.8. The lowest BCUT2D eigenvalue weighted by Crippen LogP contribution is -2.41. The molecule has 11 heteroatoms. The molecule has 2 aromatic rings. The molecule has 1 aromatic carbocycles. The normalized spacial score (nSPS) is 20.0. The van der Waals surface area contributed by atoms with Crippen LogP contribution in [0.3, 0.4) is 0 Å². The first-order valence-electron chi connectivity index (χ1n) is 12.2. The van der Waals surface area contributed by atoms with Crippen molar-refractivity contribution in [3.05, 3.63) is 51.9 Å². The largest absolute Gasteiger partial charge is 0.513 e. The van der Waals surface area contributed by atoms with Crippen molar-refractivity contribution >= 4 is 35.3 Å². The highest BCUT2D eigenvalue weighted by Crippen LogP contribution is 2.46. The highest BCUT2D eigenvalue weighted by molar-refractivity contribution is 6.30. The average molecular weight is 516 g/mol. The lowest BCUT2D eigenvalue weighted by molar-refractivity contribution is 0.0777. The number of anilines is 3. The summed E-state index contributed by atoms with van der Waals surface area (Å²) in [5, 5.41) is 4.00. The van der Waals surface area contributed by atoms with E-state index in [9.17, 15) is 4.79 Å². The summed E-state index contributed by atoms with van der Waals surface area (Å²) < 4.78 is 22.0. The Morgan fingerprint density at radius 1 is 1.06 bits per heavy atom. The summed E-state index contributed by atoms with van der Waals surface area (Å²) in [6.45, 7) is 9.10. The van der Waals surface area contributed by atoms with Crippen LogP contribution < -0.4 is 15.1 Å². The predicted octanol–water partition coefficient (Wildman–Crippen LogP) is 3.77. The van der Waals surface area contributed by atoms with Crippen LogP contribution in [0.15, 0.2) is 35.7 Å². The SMILES string of the molecule is CCOC(=O)OC1=C(C)Nc2nc(N3CCOCC3)nc(N3CCOCC3)c2C1c1ccc(Cl)cc1. The molecule has 0 amide bonds. The van der Waals surface area contributed by atoms with E-state index in [1.807, 2.05) is 31.2 Å². The van der Waals surface area contributed by atoms with Gasteiger partial charge in [-0.05, 0) is 31.5 Å². The molecule has 3 aliphatic rings. The molecule has 2 fully saturated rings. The third-order valence-electron chi connectivity index (χ3n) is 6.40. The van der Waals surface area contributed by atoms with Crippen LogP contribution in [0.25, 0.3) is 0 Å². The van der Waals surface area contributed by atoms with Crippen molar-refractivity contribution in [2.75, 3.05) is 74.3 Å². The third kappa shape index (κ3) is 5.07. The van der Waals surface area contributed by atoms with Gasteiger partial charge in [0.1, 0.15) is 17.4 Å². The number of carbonyl (C=O) groups excluding carboxylic acids is 1. The summed E-state index contributed by atoms with van der Waals surface area (Å²) >= 11 is 6.21. The van der Waals surface area contributed by atoms with Gasteiger partial charge in [-0.15, -0.1) is 0 Å². The van der Waals surface area contributed by atoms with Gasteiger partial charge in [0.15, 0.2) is 0 Å². The van der Waals surface area contributed by atoms with Crippen LogP contribution in [-0.4, -0.2) is 75.3 Å². The Hall–Kier alpha value is -3.08. The minimum atomic E-state index is -0.755. The first kappa shape index (κ1) is 24.6. The van der Waals surface area contributed by atoms with Crippen molar-refractivity contribution in [3.8, 4) is 0 Å². The van der Waals surface area contributed by atoms with Gasteiger partial charge in [0, 0.05) is 31.2 Å². The van der Waals surface area contributed by atoms with Gasteiger partial charge >= 0.3 is 6.16 Å². The zero-order chi connectivity index (χ0) is 25.1. The number of hydrogen-bond acceptors (Lipinski definition) is 10. The first-order chi connectivity index (χ1) is 17.5. The van der Waals surface area contributed by atoms with Crippen LogP contribution in [0.4, 0.5) is 22.4 Å². The van der Waals surface area contributed by atoms with Crippen molar-refractivity contribution in [1.29, 1.82) is 0 Å². The number of ether oxygens (including phenoxy) is 4. The van der Waals surface area contributed by atoms with E-state index in [1.165, 1.54) is 0 Å². The van der Waals surface area contributed by atoms with Crippen LogP contribution in [0.5, 0.6) is 0 Å². The number of halogens is 1. The number of aromatic nitrogens is 2. The Labute approximate surface area is 215 Å². The molecule has 2 saturated heterocycles. The Morgan fingerprint density at radius 3 is 2.33 bits per heavy atom. The van der Waals surface area contributed by atoms with E-state index < -0.39 is 12.1 Å². The fraction of sp³-hybridized carbons (Fsp3) is 0.480. The molecule has 0 radical (unpaired) electrons. The number of hydrogen-bond donors (Lipinski definition) is 1. The lowest BCUT2D eigenvalue weighted by atomic mass is 9.86. The zero-order valence-electron chi connectivity index (χ0n) is 20.5. The molecule has 5 rings (SSSR count). The second kappa shape index (κ2) is 10.9. The average Bonchev–Trinajstić information content (AvgIpc) is 2.90. The van der Waals surface area contributed by atoms with E-state index in [4.69, 9.17) is 40.5 Å². The van der Waals surface area contributed by atoms with Crippen molar-refractivity contribution in [1.82, 2.24) is 9.97 Å². The molecule has 1 N–H and O–H groups in total. The van der Waals surface area contributed by atoms with Crippen LogP contribution >= 0.6 is 11.6 Å². The Balaban J connectivity index is 1.67. The maximum atomic E-state index is 12.4. The van der Waals surface area contributed by atoms with Gasteiger partial charge in [-0.1, -0.05) is 23.7 Å². The Morgan fingerprint density at radius 2 is 1.69 bits per heavy atom. The van der Waals surface area contributed by atoms with Gasteiger partial charge in [0.25, 0.3) is 0 Å². The second-order valence-corrected chi connectivity index (χ2v) is 9.13. The van der Waals surface area contributed by atoms with Gasteiger partial charge in [0.2, 0.25) is 5.95 Å². The smallest absolute Gasteiger partial charge is 0.434 e. The van der Waals surface area contributed by atoms with Crippen molar-refractivity contribution < 1.29 is 23.7 Å². The summed E-state index contributed by atoms with van der Waals surface area (Å²) in [5.41, 5.74) is 2.41. The molecule has 0 aliphatic carbocycles. The van der Waals surface area contributed by atoms with Crippen molar-refractivity contribution in [3.63, 3.8) is 0 Å². The van der Waals surface area contributed by atoms with E-state index >= 15 is 0 Å². The van der Waals surface area contributed by atoms with Crippen LogP contribution in [0, 0.1) is 0 Å².